The molecule has 2 rings (SSSR count). The molecule has 1 aliphatic rings. The number of amides is 1. The summed E-state index contributed by atoms with van der Waals surface area (Å²) in [6.45, 7) is 6.28. The van der Waals surface area contributed by atoms with Crippen LogP contribution in [0.2, 0.25) is 0 Å². The zero-order chi connectivity index (χ0) is 15.2. The standard InChI is InChI=1S/C17H26N2O2/c1-13-5-4-6-16(11-13)21-10-9-19(3)17(20)15-7-8-18-14(2)12-15/h4-6,11,14-15,18H,7-10,12H2,1-3H3. The molecule has 1 aliphatic heterocycles. The Bertz CT molecular complexity index is 476. The summed E-state index contributed by atoms with van der Waals surface area (Å²) >= 11 is 0. The van der Waals surface area contributed by atoms with Gasteiger partial charge in [-0.25, -0.2) is 0 Å². The van der Waals surface area contributed by atoms with Gasteiger partial charge in [-0.2, -0.15) is 0 Å². The predicted molar refractivity (Wildman–Crippen MR) is 84.5 cm³/mol. The number of benzene rings is 1. The van der Waals surface area contributed by atoms with Crippen LogP contribution in [0.1, 0.15) is 25.3 Å². The average Bonchev–Trinajstić information content (AvgIpc) is 2.46. The van der Waals surface area contributed by atoms with Gasteiger partial charge in [-0.15, -0.1) is 0 Å². The van der Waals surface area contributed by atoms with E-state index in [-0.39, 0.29) is 11.8 Å². The first kappa shape index (κ1) is 15.8. The van der Waals surface area contributed by atoms with Crippen molar-refractivity contribution in [2.24, 2.45) is 5.92 Å². The second-order valence-electron chi connectivity index (χ2n) is 6.00. The van der Waals surface area contributed by atoms with Crippen molar-refractivity contribution in [3.63, 3.8) is 0 Å². The average molecular weight is 290 g/mol. The maximum atomic E-state index is 12.4. The van der Waals surface area contributed by atoms with Crippen LogP contribution in [-0.4, -0.2) is 43.6 Å². The molecular formula is C17H26N2O2. The van der Waals surface area contributed by atoms with E-state index in [1.165, 1.54) is 5.56 Å². The lowest BCUT2D eigenvalue weighted by molar-refractivity contribution is -0.135. The van der Waals surface area contributed by atoms with Gasteiger partial charge in [0.2, 0.25) is 5.91 Å². The van der Waals surface area contributed by atoms with E-state index in [0.29, 0.717) is 19.2 Å². The lowest BCUT2D eigenvalue weighted by Crippen LogP contribution is -2.43. The number of nitrogens with zero attached hydrogens (tertiary/aromatic N) is 1. The van der Waals surface area contributed by atoms with E-state index >= 15 is 0 Å². The van der Waals surface area contributed by atoms with Crippen molar-refractivity contribution in [2.75, 3.05) is 26.7 Å². The van der Waals surface area contributed by atoms with Crippen molar-refractivity contribution in [3.8, 4) is 5.75 Å². The molecule has 0 saturated carbocycles. The highest BCUT2D eigenvalue weighted by molar-refractivity contribution is 5.78. The van der Waals surface area contributed by atoms with Gasteiger partial charge >= 0.3 is 0 Å². The van der Waals surface area contributed by atoms with Gasteiger partial charge in [-0.3, -0.25) is 4.79 Å². The van der Waals surface area contributed by atoms with Gasteiger partial charge in [0, 0.05) is 19.0 Å². The first-order valence-electron chi connectivity index (χ1n) is 7.74. The monoisotopic (exact) mass is 290 g/mol. The quantitative estimate of drug-likeness (QED) is 0.904. The lowest BCUT2D eigenvalue weighted by Gasteiger charge is -2.30. The Hall–Kier alpha value is -1.55. The minimum atomic E-state index is 0.158. The van der Waals surface area contributed by atoms with Crippen molar-refractivity contribution < 1.29 is 9.53 Å². The van der Waals surface area contributed by atoms with E-state index < -0.39 is 0 Å². The van der Waals surface area contributed by atoms with Gasteiger partial charge in [0.15, 0.2) is 0 Å². The van der Waals surface area contributed by atoms with Crippen LogP contribution in [0.3, 0.4) is 0 Å². The van der Waals surface area contributed by atoms with Gasteiger partial charge in [-0.1, -0.05) is 12.1 Å². The maximum Gasteiger partial charge on any atom is 0.225 e. The third-order valence-electron chi connectivity index (χ3n) is 4.03. The summed E-state index contributed by atoms with van der Waals surface area (Å²) in [6.07, 6.45) is 1.87. The first-order valence-corrected chi connectivity index (χ1v) is 7.74. The number of hydrogen-bond acceptors (Lipinski definition) is 3. The fourth-order valence-corrected chi connectivity index (χ4v) is 2.78. The maximum absolute atomic E-state index is 12.4. The number of nitrogens with one attached hydrogen (secondary N) is 1. The van der Waals surface area contributed by atoms with Crippen molar-refractivity contribution in [1.29, 1.82) is 0 Å². The Morgan fingerprint density at radius 1 is 1.48 bits per heavy atom. The molecule has 1 aromatic carbocycles. The van der Waals surface area contributed by atoms with E-state index in [4.69, 9.17) is 4.74 Å². The van der Waals surface area contributed by atoms with Crippen molar-refractivity contribution >= 4 is 5.91 Å². The molecule has 0 bridgehead atoms. The molecule has 1 amide bonds. The second kappa shape index (κ2) is 7.46. The molecule has 0 radical (unpaired) electrons. The number of aryl methyl sites for hydroxylation is 1. The van der Waals surface area contributed by atoms with Crippen LogP contribution in [0, 0.1) is 12.8 Å². The van der Waals surface area contributed by atoms with Crippen LogP contribution < -0.4 is 10.1 Å². The molecule has 1 N–H and O–H groups in total. The minimum Gasteiger partial charge on any atom is -0.492 e. The third-order valence-corrected chi connectivity index (χ3v) is 4.03. The largest absolute Gasteiger partial charge is 0.492 e. The predicted octanol–water partition coefficient (Wildman–Crippen LogP) is 2.22. The molecule has 1 saturated heterocycles. The molecule has 116 valence electrons. The highest BCUT2D eigenvalue weighted by Crippen LogP contribution is 2.18. The topological polar surface area (TPSA) is 41.6 Å². The molecule has 0 aromatic heterocycles. The van der Waals surface area contributed by atoms with Crippen LogP contribution in [0.5, 0.6) is 5.75 Å². The second-order valence-corrected chi connectivity index (χ2v) is 6.00. The SMILES string of the molecule is Cc1cccc(OCCN(C)C(=O)C2CCNC(C)C2)c1. The highest BCUT2D eigenvalue weighted by Gasteiger charge is 2.26. The first-order chi connectivity index (χ1) is 10.1. The zero-order valence-electron chi connectivity index (χ0n) is 13.3. The molecule has 1 aromatic rings. The molecule has 4 heteroatoms. The summed E-state index contributed by atoms with van der Waals surface area (Å²) in [5.74, 6) is 1.27. The molecule has 1 heterocycles. The Kier molecular flexibility index (Phi) is 5.62. The number of carbonyl (C=O) groups is 1. The molecule has 2 unspecified atom stereocenters. The van der Waals surface area contributed by atoms with E-state index in [0.717, 1.165) is 25.1 Å². The molecule has 1 fully saturated rings. The fourth-order valence-electron chi connectivity index (χ4n) is 2.78. The molecule has 21 heavy (non-hydrogen) atoms. The minimum absolute atomic E-state index is 0.158. The molecule has 0 aliphatic carbocycles. The van der Waals surface area contributed by atoms with E-state index in [2.05, 4.69) is 12.2 Å². The molecular weight excluding hydrogens is 264 g/mol. The van der Waals surface area contributed by atoms with Crippen LogP contribution in [0.25, 0.3) is 0 Å². The van der Waals surface area contributed by atoms with Crippen LogP contribution in [0.15, 0.2) is 24.3 Å². The normalized spacial score (nSPS) is 21.9. The van der Waals surface area contributed by atoms with Crippen molar-refractivity contribution in [3.05, 3.63) is 29.8 Å². The Morgan fingerprint density at radius 2 is 2.29 bits per heavy atom. The zero-order valence-corrected chi connectivity index (χ0v) is 13.3. The summed E-state index contributed by atoms with van der Waals surface area (Å²) in [4.78, 5) is 14.2. The number of hydrogen-bond donors (Lipinski definition) is 1. The van der Waals surface area contributed by atoms with E-state index in [1.54, 1.807) is 4.90 Å². The Balaban J connectivity index is 1.76. The Labute approximate surface area is 127 Å². The van der Waals surface area contributed by atoms with Gasteiger partial charge in [0.05, 0.1) is 6.54 Å². The van der Waals surface area contributed by atoms with Gasteiger partial charge < -0.3 is 15.0 Å². The molecule has 0 spiro atoms. The van der Waals surface area contributed by atoms with Gasteiger partial charge in [0.1, 0.15) is 12.4 Å². The number of ether oxygens (including phenoxy) is 1. The lowest BCUT2D eigenvalue weighted by atomic mass is 9.92. The third kappa shape index (κ3) is 4.74. The number of likely N-dealkylation sites (N-methyl/N-ethyl adjacent to an activating group) is 1. The van der Waals surface area contributed by atoms with Crippen LogP contribution in [-0.2, 0) is 4.79 Å². The fraction of sp³-hybridized carbons (Fsp3) is 0.588. The smallest absolute Gasteiger partial charge is 0.225 e. The summed E-state index contributed by atoms with van der Waals surface area (Å²) in [5.41, 5.74) is 1.18. The van der Waals surface area contributed by atoms with E-state index in [9.17, 15) is 4.79 Å². The van der Waals surface area contributed by atoms with Crippen LogP contribution >= 0.6 is 0 Å². The number of carbonyl (C=O) groups excluding carboxylic acids is 1. The molecule has 2 atom stereocenters. The summed E-state index contributed by atoms with van der Waals surface area (Å²) in [7, 11) is 1.87. The van der Waals surface area contributed by atoms with E-state index in [1.807, 2.05) is 38.2 Å². The van der Waals surface area contributed by atoms with Gasteiger partial charge in [-0.05, 0) is 50.9 Å². The summed E-state index contributed by atoms with van der Waals surface area (Å²) in [5, 5.41) is 3.38. The van der Waals surface area contributed by atoms with Crippen LogP contribution in [0.4, 0.5) is 0 Å². The van der Waals surface area contributed by atoms with Crippen molar-refractivity contribution in [2.45, 2.75) is 32.7 Å². The molecule has 4 nitrogen and oxygen atoms in total. The van der Waals surface area contributed by atoms with Gasteiger partial charge in [0.25, 0.3) is 0 Å². The summed E-state index contributed by atoms with van der Waals surface area (Å²) in [6, 6.07) is 8.42. The van der Waals surface area contributed by atoms with Crippen molar-refractivity contribution in [1.82, 2.24) is 10.2 Å². The number of piperidine rings is 1. The Morgan fingerprint density at radius 3 is 3.00 bits per heavy atom. The number of rotatable bonds is 5. The summed E-state index contributed by atoms with van der Waals surface area (Å²) < 4.78 is 5.71. The highest BCUT2D eigenvalue weighted by atomic mass is 16.5.